The van der Waals surface area contributed by atoms with Crippen LogP contribution in [0.3, 0.4) is 0 Å². The highest BCUT2D eigenvalue weighted by atomic mass is 15.2. The Hall–Kier alpha value is -6.65. The number of hydrogen-bond donors (Lipinski definition) is 1. The van der Waals surface area contributed by atoms with Gasteiger partial charge in [-0.1, -0.05) is 127 Å². The van der Waals surface area contributed by atoms with E-state index in [2.05, 4.69) is 190 Å². The number of aromatic nitrogens is 2. The molecule has 0 fully saturated rings. The van der Waals surface area contributed by atoms with Crippen LogP contribution in [0.4, 0.5) is 0 Å². The second-order valence-electron chi connectivity index (χ2n) is 12.9. The Kier molecular flexibility index (Phi) is 6.53. The minimum atomic E-state index is -0.240. The fraction of sp³-hybridized carbons (Fsp3) is 0.0217. The van der Waals surface area contributed by atoms with Crippen molar-refractivity contribution >= 4 is 55.1 Å². The third kappa shape index (κ3) is 4.57. The fourth-order valence-electron chi connectivity index (χ4n) is 7.66. The molecule has 0 aliphatic carbocycles. The van der Waals surface area contributed by atoms with E-state index in [1.165, 1.54) is 49.4 Å². The van der Waals surface area contributed by atoms with Gasteiger partial charge in [-0.05, 0) is 71.3 Å². The van der Waals surface area contributed by atoms with Crippen molar-refractivity contribution in [2.75, 3.05) is 0 Å². The van der Waals surface area contributed by atoms with E-state index in [-0.39, 0.29) is 6.17 Å². The normalized spacial score (nSPS) is 14.6. The average Bonchev–Trinajstić information content (AvgIpc) is 3.71. The van der Waals surface area contributed by atoms with Crippen molar-refractivity contribution in [3.63, 3.8) is 0 Å². The molecule has 9 aromatic rings. The summed E-state index contributed by atoms with van der Waals surface area (Å²) in [5.74, 6) is 0.863. The molecule has 0 saturated heterocycles. The highest BCUT2D eigenvalue weighted by molar-refractivity contribution is 6.12. The summed E-state index contributed by atoms with van der Waals surface area (Å²) in [7, 11) is 0. The minimum absolute atomic E-state index is 0.240. The van der Waals surface area contributed by atoms with Crippen LogP contribution >= 0.6 is 0 Å². The maximum atomic E-state index is 5.33. The lowest BCUT2D eigenvalue weighted by atomic mass is 10.0. The van der Waals surface area contributed by atoms with Crippen LogP contribution in [-0.4, -0.2) is 15.0 Å². The first-order valence-electron chi connectivity index (χ1n) is 17.1. The van der Waals surface area contributed by atoms with E-state index in [1.807, 2.05) is 6.07 Å². The van der Waals surface area contributed by atoms with E-state index in [0.717, 1.165) is 33.7 Å². The van der Waals surface area contributed by atoms with Crippen molar-refractivity contribution in [1.82, 2.24) is 14.5 Å². The second-order valence-corrected chi connectivity index (χ2v) is 12.9. The maximum absolute atomic E-state index is 5.33. The summed E-state index contributed by atoms with van der Waals surface area (Å²) in [5.41, 5.74) is 11.5. The Morgan fingerprint density at radius 2 is 0.920 bits per heavy atom. The lowest BCUT2D eigenvalue weighted by Crippen LogP contribution is -2.29. The molecule has 10 rings (SSSR count). The third-order valence-corrected chi connectivity index (χ3v) is 9.96. The number of benzene rings is 7. The van der Waals surface area contributed by atoms with Crippen LogP contribution in [0.15, 0.2) is 187 Å². The Morgan fingerprint density at radius 1 is 0.420 bits per heavy atom. The summed E-state index contributed by atoms with van der Waals surface area (Å²) in [6, 6.07) is 62.8. The average molecular weight is 641 g/mol. The van der Waals surface area contributed by atoms with E-state index in [0.29, 0.717) is 0 Å². The molecular formula is C46H32N4. The Bertz CT molecular complexity index is 2710. The van der Waals surface area contributed by atoms with Crippen molar-refractivity contribution in [2.45, 2.75) is 6.17 Å². The first kappa shape index (κ1) is 28.4. The van der Waals surface area contributed by atoms with Gasteiger partial charge in [-0.2, -0.15) is 0 Å². The summed E-state index contributed by atoms with van der Waals surface area (Å²) in [6.45, 7) is 0. The summed E-state index contributed by atoms with van der Waals surface area (Å²) in [6.07, 6.45) is 2.01. The molecule has 4 nitrogen and oxygen atoms in total. The summed E-state index contributed by atoms with van der Waals surface area (Å²) in [4.78, 5) is 5.33. The summed E-state index contributed by atoms with van der Waals surface area (Å²) in [5, 5.41) is 8.58. The van der Waals surface area contributed by atoms with Gasteiger partial charge in [-0.3, -0.25) is 0 Å². The molecule has 4 heteroatoms. The zero-order valence-electron chi connectivity index (χ0n) is 27.2. The van der Waals surface area contributed by atoms with Crippen LogP contribution in [0.5, 0.6) is 0 Å². The van der Waals surface area contributed by atoms with E-state index < -0.39 is 0 Å². The molecule has 50 heavy (non-hydrogen) atoms. The molecule has 236 valence electrons. The van der Waals surface area contributed by atoms with Gasteiger partial charge in [-0.25, -0.2) is 4.99 Å². The third-order valence-electron chi connectivity index (χ3n) is 9.96. The Labute approximate surface area is 289 Å². The quantitative estimate of drug-likeness (QED) is 0.200. The van der Waals surface area contributed by atoms with Crippen molar-refractivity contribution in [3.05, 3.63) is 193 Å². The second kappa shape index (κ2) is 11.5. The van der Waals surface area contributed by atoms with Crippen LogP contribution in [0.1, 0.15) is 17.3 Å². The van der Waals surface area contributed by atoms with E-state index in [4.69, 9.17) is 4.99 Å². The number of amidine groups is 1. The topological polar surface area (TPSA) is 34.2 Å². The molecule has 3 heterocycles. The molecule has 1 N–H and O–H groups in total. The number of rotatable bonds is 5. The van der Waals surface area contributed by atoms with Crippen molar-refractivity contribution in [3.8, 4) is 16.8 Å². The van der Waals surface area contributed by atoms with Gasteiger partial charge in [0.05, 0.1) is 22.1 Å². The zero-order chi connectivity index (χ0) is 33.0. The van der Waals surface area contributed by atoms with Crippen molar-refractivity contribution in [1.29, 1.82) is 0 Å². The van der Waals surface area contributed by atoms with Gasteiger partial charge in [0.1, 0.15) is 12.0 Å². The largest absolute Gasteiger partial charge is 0.340 e. The highest BCUT2D eigenvalue weighted by Crippen LogP contribution is 2.39. The molecule has 1 aliphatic heterocycles. The van der Waals surface area contributed by atoms with Gasteiger partial charge in [0, 0.05) is 38.5 Å². The molecule has 0 bridgehead atoms. The zero-order valence-corrected chi connectivity index (χ0v) is 27.2. The van der Waals surface area contributed by atoms with E-state index in [1.54, 1.807) is 0 Å². The van der Waals surface area contributed by atoms with Gasteiger partial charge < -0.3 is 14.5 Å². The van der Waals surface area contributed by atoms with Gasteiger partial charge in [-0.15, -0.1) is 0 Å². The fourth-order valence-corrected chi connectivity index (χ4v) is 7.66. The van der Waals surface area contributed by atoms with Crippen LogP contribution < -0.4 is 5.32 Å². The molecule has 1 atom stereocenters. The summed E-state index contributed by atoms with van der Waals surface area (Å²) >= 11 is 0. The van der Waals surface area contributed by atoms with Gasteiger partial charge in [0.25, 0.3) is 0 Å². The van der Waals surface area contributed by atoms with Gasteiger partial charge in [0.15, 0.2) is 0 Å². The summed E-state index contributed by atoms with van der Waals surface area (Å²) < 4.78 is 4.75. The monoisotopic (exact) mass is 640 g/mol. The van der Waals surface area contributed by atoms with Gasteiger partial charge in [0.2, 0.25) is 0 Å². The molecule has 2 aromatic heterocycles. The number of nitrogens with one attached hydrogen (secondary N) is 1. The van der Waals surface area contributed by atoms with Crippen LogP contribution in [0.25, 0.3) is 66.1 Å². The van der Waals surface area contributed by atoms with E-state index in [9.17, 15) is 0 Å². The highest BCUT2D eigenvalue weighted by Gasteiger charge is 2.23. The molecule has 0 radical (unpaired) electrons. The van der Waals surface area contributed by atoms with E-state index >= 15 is 0 Å². The molecule has 0 saturated carbocycles. The van der Waals surface area contributed by atoms with Crippen molar-refractivity contribution in [2.24, 2.45) is 4.99 Å². The van der Waals surface area contributed by atoms with Crippen LogP contribution in [-0.2, 0) is 0 Å². The molecule has 1 unspecified atom stereocenters. The number of hydrogen-bond acceptors (Lipinski definition) is 2. The van der Waals surface area contributed by atoms with Crippen LogP contribution in [0.2, 0.25) is 0 Å². The maximum Gasteiger partial charge on any atom is 0.149 e. The molecule has 7 aromatic carbocycles. The number of nitrogens with zero attached hydrogens (tertiary/aromatic N) is 3. The number of aliphatic imine (C=N–C) groups is 1. The molecule has 1 aliphatic rings. The standard InChI is InChI=1S/C46H32N4/c1-4-14-31(15-5-1)40-30-45(48-46(47-40)32-16-6-2-7-17-32)50-42-23-13-11-21-37(42)39-29-34(25-27-44(39)50)33-24-26-43-38(28-33)36-20-10-12-22-41(36)49(43)35-18-8-3-9-19-35/h1-30,45H,(H,47,48). The predicted molar refractivity (Wildman–Crippen MR) is 209 cm³/mol. The number of para-hydroxylation sites is 3. The molecule has 0 spiro atoms. The SMILES string of the molecule is C1=C(c2ccccc2)NC(c2ccccc2)=NC1n1c2ccccc2c2cc(-c3ccc4c(c3)c3ccccc3n4-c3ccccc3)ccc21. The Balaban J connectivity index is 1.15. The number of fused-ring (bicyclic) bond motifs is 6. The lowest BCUT2D eigenvalue weighted by Gasteiger charge is -2.25. The van der Waals surface area contributed by atoms with Gasteiger partial charge >= 0.3 is 0 Å². The molecule has 0 amide bonds. The first-order valence-corrected chi connectivity index (χ1v) is 17.1. The first-order chi connectivity index (χ1) is 24.8. The minimum Gasteiger partial charge on any atom is -0.340 e. The predicted octanol–water partition coefficient (Wildman–Crippen LogP) is 11.1. The molecular weight excluding hydrogens is 609 g/mol. The smallest absolute Gasteiger partial charge is 0.149 e. The Morgan fingerprint density at radius 3 is 1.62 bits per heavy atom. The van der Waals surface area contributed by atoms with Crippen LogP contribution in [0, 0.1) is 0 Å². The lowest BCUT2D eigenvalue weighted by molar-refractivity contribution is 0.668. The van der Waals surface area contributed by atoms with Crippen molar-refractivity contribution < 1.29 is 0 Å².